The minimum atomic E-state index is -0.0660. The standard InChI is InChI=1S/C14H19N3O2/c1-16-14-5-3-2-4-12(14)13(15-16)9-17-6-7-19-11(8-17)10-18/h2-5,11,18H,6-10H2,1H3. The topological polar surface area (TPSA) is 50.5 Å². The molecule has 1 aromatic heterocycles. The lowest BCUT2D eigenvalue weighted by atomic mass is 10.2. The molecule has 1 aliphatic heterocycles. The lowest BCUT2D eigenvalue weighted by Gasteiger charge is -2.31. The van der Waals surface area contributed by atoms with Crippen LogP contribution < -0.4 is 0 Å². The summed E-state index contributed by atoms with van der Waals surface area (Å²) in [6, 6.07) is 8.27. The van der Waals surface area contributed by atoms with E-state index in [0.29, 0.717) is 6.61 Å². The fourth-order valence-corrected chi connectivity index (χ4v) is 2.65. The first kappa shape index (κ1) is 12.6. The third kappa shape index (κ3) is 2.49. The highest BCUT2D eigenvalue weighted by atomic mass is 16.5. The number of rotatable bonds is 3. The number of aliphatic hydroxyl groups excluding tert-OH is 1. The Kier molecular flexibility index (Phi) is 3.50. The number of ether oxygens (including phenoxy) is 1. The van der Waals surface area contributed by atoms with Crippen LogP contribution in [0.15, 0.2) is 24.3 Å². The summed E-state index contributed by atoms with van der Waals surface area (Å²) >= 11 is 0. The van der Waals surface area contributed by atoms with Crippen LogP contribution in [-0.4, -0.2) is 52.2 Å². The van der Waals surface area contributed by atoms with Gasteiger partial charge in [-0.15, -0.1) is 0 Å². The van der Waals surface area contributed by atoms with E-state index in [1.165, 1.54) is 5.39 Å². The minimum absolute atomic E-state index is 0.0660. The van der Waals surface area contributed by atoms with Crippen LogP contribution in [-0.2, 0) is 18.3 Å². The minimum Gasteiger partial charge on any atom is -0.394 e. The molecular formula is C14H19N3O2. The van der Waals surface area contributed by atoms with Crippen molar-refractivity contribution >= 4 is 10.9 Å². The largest absolute Gasteiger partial charge is 0.394 e. The molecule has 1 N–H and O–H groups in total. The van der Waals surface area contributed by atoms with Gasteiger partial charge in [-0.25, -0.2) is 0 Å². The maximum Gasteiger partial charge on any atom is 0.0933 e. The van der Waals surface area contributed by atoms with Gasteiger partial charge < -0.3 is 9.84 Å². The predicted octanol–water partition coefficient (Wildman–Crippen LogP) is 0.766. The second-order valence-corrected chi connectivity index (χ2v) is 5.00. The summed E-state index contributed by atoms with van der Waals surface area (Å²) in [6.07, 6.45) is -0.0660. The van der Waals surface area contributed by atoms with Gasteiger partial charge in [0.05, 0.1) is 30.5 Å². The Morgan fingerprint density at radius 2 is 2.26 bits per heavy atom. The van der Waals surface area contributed by atoms with Crippen LogP contribution in [0.3, 0.4) is 0 Å². The molecule has 1 saturated heterocycles. The molecule has 1 fully saturated rings. The van der Waals surface area contributed by atoms with Gasteiger partial charge in [-0.2, -0.15) is 5.10 Å². The van der Waals surface area contributed by atoms with Gasteiger partial charge in [-0.3, -0.25) is 9.58 Å². The number of benzene rings is 1. The maximum absolute atomic E-state index is 9.18. The molecule has 3 rings (SSSR count). The van der Waals surface area contributed by atoms with E-state index < -0.39 is 0 Å². The molecule has 102 valence electrons. The molecule has 0 aliphatic carbocycles. The number of fused-ring (bicyclic) bond motifs is 1. The van der Waals surface area contributed by atoms with Gasteiger partial charge in [-0.05, 0) is 6.07 Å². The van der Waals surface area contributed by atoms with Crippen LogP contribution in [0.25, 0.3) is 10.9 Å². The van der Waals surface area contributed by atoms with Gasteiger partial charge >= 0.3 is 0 Å². The van der Waals surface area contributed by atoms with Crippen LogP contribution in [0.1, 0.15) is 5.69 Å². The molecular weight excluding hydrogens is 242 g/mol. The summed E-state index contributed by atoms with van der Waals surface area (Å²) in [5, 5.41) is 15.0. The Labute approximate surface area is 112 Å². The number of aromatic nitrogens is 2. The van der Waals surface area contributed by atoms with Crippen molar-refractivity contribution in [3.63, 3.8) is 0 Å². The number of para-hydroxylation sites is 1. The SMILES string of the molecule is Cn1nc(CN2CCOC(CO)C2)c2ccccc21. The molecule has 0 bridgehead atoms. The zero-order chi connectivity index (χ0) is 13.2. The van der Waals surface area contributed by atoms with Crippen LogP contribution >= 0.6 is 0 Å². The summed E-state index contributed by atoms with van der Waals surface area (Å²) in [5.41, 5.74) is 2.25. The summed E-state index contributed by atoms with van der Waals surface area (Å²) < 4.78 is 7.40. The van der Waals surface area contributed by atoms with E-state index in [4.69, 9.17) is 4.74 Å². The molecule has 2 aromatic rings. The monoisotopic (exact) mass is 261 g/mol. The molecule has 1 unspecified atom stereocenters. The molecule has 0 radical (unpaired) electrons. The second kappa shape index (κ2) is 5.28. The van der Waals surface area contributed by atoms with Gasteiger partial charge in [-0.1, -0.05) is 18.2 Å². The van der Waals surface area contributed by atoms with Crippen LogP contribution in [0.4, 0.5) is 0 Å². The zero-order valence-corrected chi connectivity index (χ0v) is 11.1. The Morgan fingerprint density at radius 3 is 3.11 bits per heavy atom. The Morgan fingerprint density at radius 1 is 1.42 bits per heavy atom. The number of nitrogens with zero attached hydrogens (tertiary/aromatic N) is 3. The van der Waals surface area contributed by atoms with E-state index in [9.17, 15) is 5.11 Å². The van der Waals surface area contributed by atoms with Gasteiger partial charge in [0, 0.05) is 32.1 Å². The molecule has 19 heavy (non-hydrogen) atoms. The molecule has 1 atom stereocenters. The fourth-order valence-electron chi connectivity index (χ4n) is 2.65. The highest BCUT2D eigenvalue weighted by molar-refractivity contribution is 5.81. The number of morpholine rings is 1. The highest BCUT2D eigenvalue weighted by Crippen LogP contribution is 2.19. The number of hydrogen-bond donors (Lipinski definition) is 1. The number of aliphatic hydroxyl groups is 1. The lowest BCUT2D eigenvalue weighted by Crippen LogP contribution is -2.43. The molecule has 1 aliphatic rings. The molecule has 5 nitrogen and oxygen atoms in total. The van der Waals surface area contributed by atoms with Crippen molar-refractivity contribution in [1.82, 2.24) is 14.7 Å². The van der Waals surface area contributed by atoms with Crippen molar-refractivity contribution in [3.05, 3.63) is 30.0 Å². The Bertz CT molecular complexity index is 567. The van der Waals surface area contributed by atoms with Crippen molar-refractivity contribution in [2.75, 3.05) is 26.3 Å². The van der Waals surface area contributed by atoms with Gasteiger partial charge in [0.25, 0.3) is 0 Å². The summed E-state index contributed by atoms with van der Waals surface area (Å²) in [4.78, 5) is 2.29. The zero-order valence-electron chi connectivity index (χ0n) is 11.1. The Balaban J connectivity index is 1.81. The molecule has 1 aromatic carbocycles. The predicted molar refractivity (Wildman–Crippen MR) is 72.8 cm³/mol. The molecule has 5 heteroatoms. The van der Waals surface area contributed by atoms with E-state index >= 15 is 0 Å². The lowest BCUT2D eigenvalue weighted by molar-refractivity contribution is -0.0553. The third-order valence-corrected chi connectivity index (χ3v) is 3.63. The molecule has 0 spiro atoms. The van der Waals surface area contributed by atoms with Crippen molar-refractivity contribution in [1.29, 1.82) is 0 Å². The maximum atomic E-state index is 9.18. The van der Waals surface area contributed by atoms with Gasteiger partial charge in [0.2, 0.25) is 0 Å². The van der Waals surface area contributed by atoms with Crippen LogP contribution in [0, 0.1) is 0 Å². The first-order chi connectivity index (χ1) is 9.28. The van der Waals surface area contributed by atoms with Crippen molar-refractivity contribution in [2.24, 2.45) is 7.05 Å². The van der Waals surface area contributed by atoms with Crippen LogP contribution in [0.5, 0.6) is 0 Å². The number of hydrogen-bond acceptors (Lipinski definition) is 4. The summed E-state index contributed by atoms with van der Waals surface area (Å²) in [6.45, 7) is 3.22. The van der Waals surface area contributed by atoms with Crippen molar-refractivity contribution in [2.45, 2.75) is 12.6 Å². The normalized spacial score (nSPS) is 21.1. The summed E-state index contributed by atoms with van der Waals surface area (Å²) in [7, 11) is 1.97. The van der Waals surface area contributed by atoms with Crippen molar-refractivity contribution in [3.8, 4) is 0 Å². The smallest absolute Gasteiger partial charge is 0.0933 e. The second-order valence-electron chi connectivity index (χ2n) is 5.00. The molecule has 0 saturated carbocycles. The number of aryl methyl sites for hydroxylation is 1. The third-order valence-electron chi connectivity index (χ3n) is 3.63. The quantitative estimate of drug-likeness (QED) is 0.886. The average molecular weight is 261 g/mol. The van der Waals surface area contributed by atoms with E-state index in [-0.39, 0.29) is 12.7 Å². The average Bonchev–Trinajstić information content (AvgIpc) is 2.76. The summed E-state index contributed by atoms with van der Waals surface area (Å²) in [5.74, 6) is 0. The van der Waals surface area contributed by atoms with E-state index in [2.05, 4.69) is 22.1 Å². The van der Waals surface area contributed by atoms with Crippen molar-refractivity contribution < 1.29 is 9.84 Å². The van der Waals surface area contributed by atoms with Crippen LogP contribution in [0.2, 0.25) is 0 Å². The van der Waals surface area contributed by atoms with E-state index in [1.54, 1.807) is 0 Å². The van der Waals surface area contributed by atoms with Gasteiger partial charge in [0.15, 0.2) is 0 Å². The fraction of sp³-hybridized carbons (Fsp3) is 0.500. The first-order valence-electron chi connectivity index (χ1n) is 6.63. The molecule has 0 amide bonds. The Hall–Kier alpha value is -1.43. The molecule has 2 heterocycles. The van der Waals surface area contributed by atoms with E-state index in [0.717, 1.165) is 30.8 Å². The van der Waals surface area contributed by atoms with Gasteiger partial charge in [0.1, 0.15) is 0 Å². The highest BCUT2D eigenvalue weighted by Gasteiger charge is 2.21. The van der Waals surface area contributed by atoms with E-state index in [1.807, 2.05) is 23.9 Å². The first-order valence-corrected chi connectivity index (χ1v) is 6.63.